The molecule has 0 saturated heterocycles. The van der Waals surface area contributed by atoms with E-state index in [9.17, 15) is 4.79 Å². The number of nitrogens with zero attached hydrogens (tertiary/aromatic N) is 1. The highest BCUT2D eigenvalue weighted by Crippen LogP contribution is 2.33. The fourth-order valence-electron chi connectivity index (χ4n) is 2.00. The van der Waals surface area contributed by atoms with E-state index >= 15 is 0 Å². The molecule has 3 heteroatoms. The number of hydrogen-bond donors (Lipinski definition) is 1. The quantitative estimate of drug-likeness (QED) is 0.790. The van der Waals surface area contributed by atoms with Crippen molar-refractivity contribution in [2.24, 2.45) is 5.92 Å². The van der Waals surface area contributed by atoms with Gasteiger partial charge in [-0.2, -0.15) is 0 Å². The molecule has 1 fully saturated rings. The Labute approximate surface area is 96.5 Å². The normalized spacial score (nSPS) is 17.3. The van der Waals surface area contributed by atoms with Gasteiger partial charge in [-0.3, -0.25) is 4.79 Å². The van der Waals surface area contributed by atoms with Crippen LogP contribution in [0.1, 0.15) is 26.2 Å². The number of pyridine rings is 1. The van der Waals surface area contributed by atoms with Crippen LogP contribution in [0.3, 0.4) is 0 Å². The number of rotatable bonds is 6. The predicted molar refractivity (Wildman–Crippen MR) is 65.5 cm³/mol. The minimum atomic E-state index is 0.0840. The van der Waals surface area contributed by atoms with Crippen LogP contribution in [-0.2, 0) is 6.54 Å². The molecule has 16 heavy (non-hydrogen) atoms. The second-order valence-electron chi connectivity index (χ2n) is 4.63. The highest BCUT2D eigenvalue weighted by molar-refractivity contribution is 4.95. The lowest BCUT2D eigenvalue weighted by atomic mass is 10.1. The zero-order chi connectivity index (χ0) is 11.4. The first-order valence-corrected chi connectivity index (χ1v) is 6.19. The highest BCUT2D eigenvalue weighted by atomic mass is 16.1. The molecule has 0 radical (unpaired) electrons. The fraction of sp³-hybridized carbons (Fsp3) is 0.615. The standard InChI is InChI=1S/C13H20N2O/c1-2-7-14-13(11-3-4-11)10-15-8-5-12(16)6-9-15/h5-6,8-9,11,13-14H,2-4,7,10H2,1H3. The maximum atomic E-state index is 11.0. The zero-order valence-corrected chi connectivity index (χ0v) is 9.86. The first-order chi connectivity index (χ1) is 7.79. The average Bonchev–Trinajstić information content (AvgIpc) is 3.11. The minimum absolute atomic E-state index is 0.0840. The number of nitrogens with one attached hydrogen (secondary N) is 1. The molecule has 1 aromatic heterocycles. The van der Waals surface area contributed by atoms with Gasteiger partial charge < -0.3 is 9.88 Å². The van der Waals surface area contributed by atoms with E-state index in [2.05, 4.69) is 16.8 Å². The van der Waals surface area contributed by atoms with Crippen LogP contribution in [0.5, 0.6) is 0 Å². The summed E-state index contributed by atoms with van der Waals surface area (Å²) >= 11 is 0. The SMILES string of the molecule is CCCNC(Cn1ccc(=O)cc1)C1CC1. The Balaban J connectivity index is 1.93. The summed E-state index contributed by atoms with van der Waals surface area (Å²) < 4.78 is 2.10. The molecule has 1 aliphatic carbocycles. The molecular formula is C13H20N2O. The molecule has 0 amide bonds. The Morgan fingerprint density at radius 3 is 2.69 bits per heavy atom. The highest BCUT2D eigenvalue weighted by Gasteiger charge is 2.30. The van der Waals surface area contributed by atoms with Crippen molar-refractivity contribution in [2.75, 3.05) is 6.54 Å². The lowest BCUT2D eigenvalue weighted by Gasteiger charge is -2.19. The molecule has 2 rings (SSSR count). The Kier molecular flexibility index (Phi) is 3.78. The Morgan fingerprint density at radius 1 is 1.44 bits per heavy atom. The van der Waals surface area contributed by atoms with Crippen molar-refractivity contribution in [3.8, 4) is 0 Å². The van der Waals surface area contributed by atoms with Crippen LogP contribution in [0.15, 0.2) is 29.3 Å². The molecule has 0 spiro atoms. The fourth-order valence-corrected chi connectivity index (χ4v) is 2.00. The summed E-state index contributed by atoms with van der Waals surface area (Å²) in [5, 5.41) is 3.60. The first kappa shape index (κ1) is 11.4. The van der Waals surface area contributed by atoms with Gasteiger partial charge in [0.25, 0.3) is 0 Å². The van der Waals surface area contributed by atoms with Crippen LogP contribution in [0.25, 0.3) is 0 Å². The van der Waals surface area contributed by atoms with Gasteiger partial charge in [0.05, 0.1) is 0 Å². The van der Waals surface area contributed by atoms with E-state index in [1.165, 1.54) is 19.3 Å². The number of aromatic nitrogens is 1. The molecule has 1 N–H and O–H groups in total. The summed E-state index contributed by atoms with van der Waals surface area (Å²) in [7, 11) is 0. The van der Waals surface area contributed by atoms with Gasteiger partial charge in [0.1, 0.15) is 0 Å². The topological polar surface area (TPSA) is 34.0 Å². The average molecular weight is 220 g/mol. The van der Waals surface area contributed by atoms with Gasteiger partial charge in [-0.15, -0.1) is 0 Å². The maximum absolute atomic E-state index is 11.0. The third kappa shape index (κ3) is 3.20. The van der Waals surface area contributed by atoms with E-state index in [-0.39, 0.29) is 5.43 Å². The molecular weight excluding hydrogens is 200 g/mol. The van der Waals surface area contributed by atoms with Crippen molar-refractivity contribution >= 4 is 0 Å². The molecule has 0 aromatic carbocycles. The predicted octanol–water partition coefficient (Wildman–Crippen LogP) is 1.63. The first-order valence-electron chi connectivity index (χ1n) is 6.19. The second-order valence-corrected chi connectivity index (χ2v) is 4.63. The van der Waals surface area contributed by atoms with Crippen molar-refractivity contribution < 1.29 is 0 Å². The largest absolute Gasteiger partial charge is 0.352 e. The van der Waals surface area contributed by atoms with Crippen LogP contribution in [-0.4, -0.2) is 17.2 Å². The van der Waals surface area contributed by atoms with Crippen LogP contribution < -0.4 is 10.7 Å². The Hall–Kier alpha value is -1.09. The van der Waals surface area contributed by atoms with E-state index in [1.807, 2.05) is 12.4 Å². The second kappa shape index (κ2) is 5.30. The van der Waals surface area contributed by atoms with Gasteiger partial charge in [-0.1, -0.05) is 6.92 Å². The van der Waals surface area contributed by atoms with E-state index in [0.717, 1.165) is 19.0 Å². The van der Waals surface area contributed by atoms with Crippen molar-refractivity contribution in [1.29, 1.82) is 0 Å². The molecule has 1 aromatic rings. The Morgan fingerprint density at radius 2 is 2.12 bits per heavy atom. The van der Waals surface area contributed by atoms with Crippen LogP contribution in [0.4, 0.5) is 0 Å². The van der Waals surface area contributed by atoms with E-state index in [0.29, 0.717) is 6.04 Å². The molecule has 0 bridgehead atoms. The molecule has 3 nitrogen and oxygen atoms in total. The number of hydrogen-bond acceptors (Lipinski definition) is 2. The Bertz CT molecular complexity index is 361. The van der Waals surface area contributed by atoms with Crippen LogP contribution >= 0.6 is 0 Å². The summed E-state index contributed by atoms with van der Waals surface area (Å²) in [4.78, 5) is 11.0. The van der Waals surface area contributed by atoms with Gasteiger partial charge in [0.15, 0.2) is 5.43 Å². The lowest BCUT2D eigenvalue weighted by Crippen LogP contribution is -2.35. The summed E-state index contributed by atoms with van der Waals surface area (Å²) in [5.41, 5.74) is 0.0840. The van der Waals surface area contributed by atoms with Crippen LogP contribution in [0.2, 0.25) is 0 Å². The van der Waals surface area contributed by atoms with Gasteiger partial charge in [-0.25, -0.2) is 0 Å². The molecule has 1 unspecified atom stereocenters. The van der Waals surface area contributed by atoms with Gasteiger partial charge in [0, 0.05) is 37.1 Å². The van der Waals surface area contributed by atoms with Crippen LogP contribution in [0, 0.1) is 5.92 Å². The van der Waals surface area contributed by atoms with Gasteiger partial charge in [-0.05, 0) is 31.7 Å². The summed E-state index contributed by atoms with van der Waals surface area (Å²) in [6, 6.07) is 3.83. The third-order valence-electron chi connectivity index (χ3n) is 3.12. The smallest absolute Gasteiger partial charge is 0.181 e. The van der Waals surface area contributed by atoms with Crippen molar-refractivity contribution in [3.63, 3.8) is 0 Å². The summed E-state index contributed by atoms with van der Waals surface area (Å²) in [6.07, 6.45) is 7.63. The third-order valence-corrected chi connectivity index (χ3v) is 3.12. The molecule has 0 aliphatic heterocycles. The van der Waals surface area contributed by atoms with Gasteiger partial charge >= 0.3 is 0 Å². The van der Waals surface area contributed by atoms with E-state index in [1.54, 1.807) is 12.1 Å². The van der Waals surface area contributed by atoms with Gasteiger partial charge in [0.2, 0.25) is 0 Å². The molecule has 1 heterocycles. The molecule has 1 atom stereocenters. The monoisotopic (exact) mass is 220 g/mol. The molecule has 1 aliphatic rings. The van der Waals surface area contributed by atoms with E-state index in [4.69, 9.17) is 0 Å². The zero-order valence-electron chi connectivity index (χ0n) is 9.86. The maximum Gasteiger partial charge on any atom is 0.181 e. The molecule has 1 saturated carbocycles. The molecule has 88 valence electrons. The summed E-state index contributed by atoms with van der Waals surface area (Å²) in [6.45, 7) is 4.25. The summed E-state index contributed by atoms with van der Waals surface area (Å²) in [5.74, 6) is 0.839. The van der Waals surface area contributed by atoms with Crippen molar-refractivity contribution in [3.05, 3.63) is 34.7 Å². The van der Waals surface area contributed by atoms with Crippen molar-refractivity contribution in [1.82, 2.24) is 9.88 Å². The minimum Gasteiger partial charge on any atom is -0.352 e. The van der Waals surface area contributed by atoms with Crippen molar-refractivity contribution in [2.45, 2.75) is 38.8 Å². The van der Waals surface area contributed by atoms with E-state index < -0.39 is 0 Å². The lowest BCUT2D eigenvalue weighted by molar-refractivity contribution is 0.406.